The third-order valence-corrected chi connectivity index (χ3v) is 3.23. The van der Waals surface area contributed by atoms with Gasteiger partial charge in [-0.3, -0.25) is 19.6 Å². The van der Waals surface area contributed by atoms with Crippen LogP contribution in [-0.4, -0.2) is 32.6 Å². The van der Waals surface area contributed by atoms with E-state index >= 15 is 0 Å². The molecule has 21 heavy (non-hydrogen) atoms. The molecule has 0 bridgehead atoms. The van der Waals surface area contributed by atoms with E-state index in [1.165, 1.54) is 23.1 Å². The van der Waals surface area contributed by atoms with Gasteiger partial charge in [0.2, 0.25) is 0 Å². The normalized spacial score (nSPS) is 10.4. The fourth-order valence-corrected chi connectivity index (χ4v) is 2.09. The number of nitrogens with zero attached hydrogens (tertiary/aromatic N) is 4. The van der Waals surface area contributed by atoms with Crippen molar-refractivity contribution in [2.24, 2.45) is 7.05 Å². The molecule has 0 N–H and O–H groups in total. The molecule has 0 fully saturated rings. The van der Waals surface area contributed by atoms with Crippen LogP contribution in [0.5, 0.6) is 0 Å². The Morgan fingerprint density at radius 2 is 2.24 bits per heavy atom. The molecule has 7 nitrogen and oxygen atoms in total. The van der Waals surface area contributed by atoms with Crippen LogP contribution in [0.1, 0.15) is 15.9 Å². The van der Waals surface area contributed by atoms with E-state index in [1.54, 1.807) is 31.2 Å². The minimum absolute atomic E-state index is 0.00598. The highest BCUT2D eigenvalue weighted by molar-refractivity contribution is 6.32. The number of nitro benzene ring substituents is 1. The summed E-state index contributed by atoms with van der Waals surface area (Å²) in [6, 6.07) is 4.01. The van der Waals surface area contributed by atoms with Crippen molar-refractivity contribution < 1.29 is 9.72 Å². The first-order valence-corrected chi connectivity index (χ1v) is 6.43. The van der Waals surface area contributed by atoms with Crippen LogP contribution in [0.2, 0.25) is 5.02 Å². The SMILES string of the molecule is CN(Cc1cnn(C)c1)C(=O)c1ccc(Cl)c([N+](=O)[O-])c1. The van der Waals surface area contributed by atoms with Crippen molar-refractivity contribution in [2.45, 2.75) is 6.54 Å². The summed E-state index contributed by atoms with van der Waals surface area (Å²) >= 11 is 5.73. The molecule has 110 valence electrons. The van der Waals surface area contributed by atoms with Crippen molar-refractivity contribution >= 4 is 23.2 Å². The highest BCUT2D eigenvalue weighted by Crippen LogP contribution is 2.25. The van der Waals surface area contributed by atoms with Gasteiger partial charge in [0.1, 0.15) is 5.02 Å². The summed E-state index contributed by atoms with van der Waals surface area (Å²) in [5.74, 6) is -0.321. The first-order chi connectivity index (χ1) is 9.88. The largest absolute Gasteiger partial charge is 0.337 e. The van der Waals surface area contributed by atoms with Crippen LogP contribution in [0.15, 0.2) is 30.6 Å². The zero-order valence-corrected chi connectivity index (χ0v) is 12.2. The van der Waals surface area contributed by atoms with Crippen LogP contribution in [0.4, 0.5) is 5.69 Å². The molecule has 1 aromatic heterocycles. The molecule has 0 atom stereocenters. The van der Waals surface area contributed by atoms with Crippen molar-refractivity contribution in [3.8, 4) is 0 Å². The lowest BCUT2D eigenvalue weighted by Gasteiger charge is -2.16. The summed E-state index contributed by atoms with van der Waals surface area (Å²) in [4.78, 5) is 24.0. The maximum atomic E-state index is 12.3. The number of hydrogen-bond donors (Lipinski definition) is 0. The molecule has 0 saturated carbocycles. The number of amides is 1. The molecule has 8 heteroatoms. The van der Waals surface area contributed by atoms with Gasteiger partial charge in [0.25, 0.3) is 11.6 Å². The van der Waals surface area contributed by atoms with Crippen LogP contribution in [-0.2, 0) is 13.6 Å². The van der Waals surface area contributed by atoms with Crippen LogP contribution in [0.25, 0.3) is 0 Å². The molecule has 0 spiro atoms. The number of aromatic nitrogens is 2. The number of carbonyl (C=O) groups is 1. The van der Waals surface area contributed by atoms with Crippen LogP contribution in [0.3, 0.4) is 0 Å². The monoisotopic (exact) mass is 308 g/mol. The van der Waals surface area contributed by atoms with E-state index in [1.807, 2.05) is 0 Å². The average Bonchev–Trinajstić information content (AvgIpc) is 2.83. The maximum absolute atomic E-state index is 12.3. The van der Waals surface area contributed by atoms with E-state index in [4.69, 9.17) is 11.6 Å². The molecule has 2 rings (SSSR count). The number of nitro groups is 1. The van der Waals surface area contributed by atoms with Crippen LogP contribution < -0.4 is 0 Å². The summed E-state index contributed by atoms with van der Waals surface area (Å²) in [5, 5.41) is 14.9. The van der Waals surface area contributed by atoms with Gasteiger partial charge in [0.05, 0.1) is 11.1 Å². The third kappa shape index (κ3) is 3.38. The maximum Gasteiger partial charge on any atom is 0.288 e. The molecule has 0 unspecified atom stereocenters. The van der Waals surface area contributed by atoms with E-state index < -0.39 is 4.92 Å². The lowest BCUT2D eigenvalue weighted by atomic mass is 10.1. The Kier molecular flexibility index (Phi) is 4.23. The van der Waals surface area contributed by atoms with Crippen molar-refractivity contribution in [2.75, 3.05) is 7.05 Å². The average molecular weight is 309 g/mol. The predicted molar refractivity (Wildman–Crippen MR) is 77.1 cm³/mol. The summed E-state index contributed by atoms with van der Waals surface area (Å²) in [7, 11) is 3.41. The van der Waals surface area contributed by atoms with Gasteiger partial charge in [-0.25, -0.2) is 0 Å². The molecule has 0 saturated heterocycles. The minimum Gasteiger partial charge on any atom is -0.337 e. The number of carbonyl (C=O) groups excluding carboxylic acids is 1. The van der Waals surface area contributed by atoms with Gasteiger partial charge in [0.15, 0.2) is 0 Å². The molecular formula is C13H13ClN4O3. The van der Waals surface area contributed by atoms with E-state index in [0.717, 1.165) is 5.56 Å². The summed E-state index contributed by atoms with van der Waals surface area (Å²) in [6.07, 6.45) is 3.46. The lowest BCUT2D eigenvalue weighted by Crippen LogP contribution is -2.26. The zero-order chi connectivity index (χ0) is 15.6. The Balaban J connectivity index is 2.19. The van der Waals surface area contributed by atoms with Gasteiger partial charge in [-0.2, -0.15) is 5.10 Å². The van der Waals surface area contributed by atoms with Crippen molar-refractivity contribution in [1.82, 2.24) is 14.7 Å². The quantitative estimate of drug-likeness (QED) is 0.641. The molecule has 0 aliphatic heterocycles. The first kappa shape index (κ1) is 15.0. The van der Waals surface area contributed by atoms with E-state index in [0.29, 0.717) is 6.54 Å². The van der Waals surface area contributed by atoms with Crippen molar-refractivity contribution in [3.63, 3.8) is 0 Å². The second-order valence-electron chi connectivity index (χ2n) is 4.61. The Labute approximate surface area is 125 Å². The van der Waals surface area contributed by atoms with Crippen LogP contribution >= 0.6 is 11.6 Å². The zero-order valence-electron chi connectivity index (χ0n) is 11.5. The fraction of sp³-hybridized carbons (Fsp3) is 0.231. The smallest absolute Gasteiger partial charge is 0.288 e. The summed E-state index contributed by atoms with van der Waals surface area (Å²) in [5.41, 5.74) is 0.812. The Morgan fingerprint density at radius 1 is 1.52 bits per heavy atom. The minimum atomic E-state index is -0.611. The lowest BCUT2D eigenvalue weighted by molar-refractivity contribution is -0.384. The highest BCUT2D eigenvalue weighted by atomic mass is 35.5. The van der Waals surface area contributed by atoms with Crippen molar-refractivity contribution in [3.05, 3.63) is 56.9 Å². The van der Waals surface area contributed by atoms with E-state index in [9.17, 15) is 14.9 Å². The molecule has 0 radical (unpaired) electrons. The van der Waals surface area contributed by atoms with Gasteiger partial charge in [0, 0.05) is 44.0 Å². The second-order valence-corrected chi connectivity index (χ2v) is 5.01. The molecule has 1 amide bonds. The van der Waals surface area contributed by atoms with E-state index in [2.05, 4.69) is 5.10 Å². The van der Waals surface area contributed by atoms with E-state index in [-0.39, 0.29) is 22.2 Å². The van der Waals surface area contributed by atoms with Gasteiger partial charge in [-0.05, 0) is 12.1 Å². The number of aryl methyl sites for hydroxylation is 1. The number of benzene rings is 1. The molecule has 2 aromatic rings. The summed E-state index contributed by atoms with van der Waals surface area (Å²) in [6.45, 7) is 0.364. The Hall–Kier alpha value is -2.41. The molecule has 1 aromatic carbocycles. The van der Waals surface area contributed by atoms with Gasteiger partial charge in [-0.1, -0.05) is 11.6 Å². The molecule has 1 heterocycles. The van der Waals surface area contributed by atoms with Crippen molar-refractivity contribution in [1.29, 1.82) is 0 Å². The molecule has 0 aliphatic carbocycles. The topological polar surface area (TPSA) is 81.3 Å². The second kappa shape index (κ2) is 5.92. The highest BCUT2D eigenvalue weighted by Gasteiger charge is 2.19. The predicted octanol–water partition coefficient (Wildman–Crippen LogP) is 2.25. The third-order valence-electron chi connectivity index (χ3n) is 2.91. The van der Waals surface area contributed by atoms with Gasteiger partial charge >= 0.3 is 0 Å². The standard InChI is InChI=1S/C13H13ClN4O3/c1-16(7-9-6-15-17(2)8-9)13(19)10-3-4-11(14)12(5-10)18(20)21/h3-6,8H,7H2,1-2H3. The summed E-state index contributed by atoms with van der Waals surface area (Å²) < 4.78 is 1.64. The first-order valence-electron chi connectivity index (χ1n) is 6.05. The Morgan fingerprint density at radius 3 is 2.81 bits per heavy atom. The fourth-order valence-electron chi connectivity index (χ4n) is 1.91. The number of rotatable bonds is 4. The molecular weight excluding hydrogens is 296 g/mol. The number of halogens is 1. The van der Waals surface area contributed by atoms with Crippen LogP contribution in [0, 0.1) is 10.1 Å². The van der Waals surface area contributed by atoms with Gasteiger partial charge in [-0.15, -0.1) is 0 Å². The Bertz CT molecular complexity index is 698. The number of hydrogen-bond acceptors (Lipinski definition) is 4. The molecule has 0 aliphatic rings. The van der Waals surface area contributed by atoms with Gasteiger partial charge < -0.3 is 4.90 Å².